The standard InChI is InChI=1S/C15H23BrFNO/c1-4-11(5-2)15(19)9-18-10(3)13-7-6-12(16)8-14(13)17/h6-8,10-11,15,18-19H,4-5,9H2,1-3H3. The SMILES string of the molecule is CCC(CC)C(O)CNC(C)c1ccc(Br)cc1F. The van der Waals surface area contributed by atoms with Crippen LogP contribution in [0.5, 0.6) is 0 Å². The Hall–Kier alpha value is -0.450. The number of nitrogens with one attached hydrogen (secondary N) is 1. The second-order valence-corrected chi connectivity index (χ2v) is 5.86. The highest BCUT2D eigenvalue weighted by molar-refractivity contribution is 9.10. The van der Waals surface area contributed by atoms with Gasteiger partial charge >= 0.3 is 0 Å². The molecule has 2 unspecified atom stereocenters. The van der Waals surface area contributed by atoms with Crippen LogP contribution in [0.2, 0.25) is 0 Å². The predicted molar refractivity (Wildman–Crippen MR) is 80.6 cm³/mol. The van der Waals surface area contributed by atoms with Gasteiger partial charge in [-0.3, -0.25) is 0 Å². The molecule has 0 aromatic heterocycles. The minimum absolute atomic E-state index is 0.114. The first kappa shape index (κ1) is 16.6. The molecule has 1 aromatic rings. The molecule has 2 atom stereocenters. The van der Waals surface area contributed by atoms with Crippen LogP contribution in [0, 0.1) is 11.7 Å². The van der Waals surface area contributed by atoms with Crippen LogP contribution >= 0.6 is 15.9 Å². The summed E-state index contributed by atoms with van der Waals surface area (Å²) in [7, 11) is 0. The third-order valence-electron chi connectivity index (χ3n) is 3.66. The molecule has 1 rings (SSSR count). The zero-order chi connectivity index (χ0) is 14.4. The molecular weight excluding hydrogens is 309 g/mol. The van der Waals surface area contributed by atoms with Crippen molar-refractivity contribution in [1.29, 1.82) is 0 Å². The minimum Gasteiger partial charge on any atom is -0.392 e. The maximum absolute atomic E-state index is 13.8. The summed E-state index contributed by atoms with van der Waals surface area (Å²) in [6.07, 6.45) is 1.54. The van der Waals surface area contributed by atoms with E-state index in [0.29, 0.717) is 18.0 Å². The molecule has 2 nitrogen and oxygen atoms in total. The molecule has 1 aromatic carbocycles. The van der Waals surface area contributed by atoms with Gasteiger partial charge in [0.05, 0.1) is 6.10 Å². The van der Waals surface area contributed by atoms with Crippen molar-refractivity contribution in [3.8, 4) is 0 Å². The van der Waals surface area contributed by atoms with E-state index in [1.54, 1.807) is 6.07 Å². The fourth-order valence-electron chi connectivity index (χ4n) is 2.26. The Morgan fingerprint density at radius 1 is 1.32 bits per heavy atom. The van der Waals surface area contributed by atoms with E-state index in [0.717, 1.165) is 17.3 Å². The van der Waals surface area contributed by atoms with Crippen molar-refractivity contribution >= 4 is 15.9 Å². The molecule has 0 fully saturated rings. The Balaban J connectivity index is 2.57. The molecule has 0 saturated heterocycles. The maximum Gasteiger partial charge on any atom is 0.129 e. The van der Waals surface area contributed by atoms with Crippen molar-refractivity contribution in [1.82, 2.24) is 5.32 Å². The van der Waals surface area contributed by atoms with Crippen LogP contribution < -0.4 is 5.32 Å². The van der Waals surface area contributed by atoms with E-state index in [1.165, 1.54) is 6.07 Å². The molecular formula is C15H23BrFNO. The van der Waals surface area contributed by atoms with Gasteiger partial charge in [0.25, 0.3) is 0 Å². The highest BCUT2D eigenvalue weighted by Gasteiger charge is 2.17. The average molecular weight is 332 g/mol. The van der Waals surface area contributed by atoms with E-state index in [4.69, 9.17) is 0 Å². The lowest BCUT2D eigenvalue weighted by Gasteiger charge is -2.23. The number of rotatable bonds is 7. The molecule has 0 aliphatic carbocycles. The molecule has 19 heavy (non-hydrogen) atoms. The Kier molecular flexibility index (Phi) is 6.97. The number of halogens is 2. The molecule has 0 aliphatic rings. The normalized spacial score (nSPS) is 14.7. The zero-order valence-corrected chi connectivity index (χ0v) is 13.4. The summed E-state index contributed by atoms with van der Waals surface area (Å²) >= 11 is 3.24. The van der Waals surface area contributed by atoms with Gasteiger partial charge in [0.15, 0.2) is 0 Å². The van der Waals surface area contributed by atoms with Crippen molar-refractivity contribution in [2.24, 2.45) is 5.92 Å². The Morgan fingerprint density at radius 3 is 2.47 bits per heavy atom. The van der Waals surface area contributed by atoms with E-state index in [-0.39, 0.29) is 18.0 Å². The van der Waals surface area contributed by atoms with Crippen molar-refractivity contribution < 1.29 is 9.50 Å². The molecule has 0 saturated carbocycles. The quantitative estimate of drug-likeness (QED) is 0.790. The lowest BCUT2D eigenvalue weighted by Crippen LogP contribution is -2.34. The number of hydrogen-bond donors (Lipinski definition) is 2. The van der Waals surface area contributed by atoms with Crippen LogP contribution in [0.15, 0.2) is 22.7 Å². The first-order chi connectivity index (χ1) is 8.99. The molecule has 0 bridgehead atoms. The maximum atomic E-state index is 13.8. The van der Waals surface area contributed by atoms with E-state index < -0.39 is 0 Å². The van der Waals surface area contributed by atoms with Crippen LogP contribution in [0.25, 0.3) is 0 Å². The van der Waals surface area contributed by atoms with Crippen LogP contribution in [0.3, 0.4) is 0 Å². The summed E-state index contributed by atoms with van der Waals surface area (Å²) in [6, 6.07) is 4.94. The third-order valence-corrected chi connectivity index (χ3v) is 4.15. The monoisotopic (exact) mass is 331 g/mol. The second-order valence-electron chi connectivity index (χ2n) is 4.94. The summed E-state index contributed by atoms with van der Waals surface area (Å²) in [5.41, 5.74) is 0.625. The largest absolute Gasteiger partial charge is 0.392 e. The van der Waals surface area contributed by atoms with Gasteiger partial charge in [0.1, 0.15) is 5.82 Å². The first-order valence-electron chi connectivity index (χ1n) is 6.85. The molecule has 4 heteroatoms. The number of aliphatic hydroxyl groups is 1. The topological polar surface area (TPSA) is 32.3 Å². The lowest BCUT2D eigenvalue weighted by atomic mass is 9.96. The van der Waals surface area contributed by atoms with Crippen molar-refractivity contribution in [2.75, 3.05) is 6.54 Å². The van der Waals surface area contributed by atoms with Crippen LogP contribution in [0.4, 0.5) is 4.39 Å². The molecule has 2 N–H and O–H groups in total. The number of hydrogen-bond acceptors (Lipinski definition) is 2. The van der Waals surface area contributed by atoms with Gasteiger partial charge < -0.3 is 10.4 Å². The fourth-order valence-corrected chi connectivity index (χ4v) is 2.59. The van der Waals surface area contributed by atoms with Gasteiger partial charge in [-0.1, -0.05) is 48.7 Å². The number of benzene rings is 1. The summed E-state index contributed by atoms with van der Waals surface area (Å²) in [4.78, 5) is 0. The Bertz CT molecular complexity index is 396. The molecule has 0 heterocycles. The Morgan fingerprint density at radius 2 is 1.95 bits per heavy atom. The van der Waals surface area contributed by atoms with E-state index in [2.05, 4.69) is 35.1 Å². The predicted octanol–water partition coefficient (Wildman–Crippen LogP) is 4.04. The van der Waals surface area contributed by atoms with Gasteiger partial charge in [-0.05, 0) is 25.0 Å². The van der Waals surface area contributed by atoms with E-state index in [9.17, 15) is 9.50 Å². The van der Waals surface area contributed by atoms with E-state index in [1.807, 2.05) is 13.0 Å². The molecule has 108 valence electrons. The van der Waals surface area contributed by atoms with Gasteiger partial charge in [-0.2, -0.15) is 0 Å². The molecule has 0 aliphatic heterocycles. The van der Waals surface area contributed by atoms with Gasteiger partial charge in [0, 0.05) is 22.6 Å². The molecule has 0 spiro atoms. The van der Waals surface area contributed by atoms with Crippen molar-refractivity contribution in [3.05, 3.63) is 34.1 Å². The number of aliphatic hydroxyl groups excluding tert-OH is 1. The molecule has 0 amide bonds. The highest BCUT2D eigenvalue weighted by Crippen LogP contribution is 2.21. The van der Waals surface area contributed by atoms with E-state index >= 15 is 0 Å². The average Bonchev–Trinajstić information content (AvgIpc) is 2.37. The highest BCUT2D eigenvalue weighted by atomic mass is 79.9. The summed E-state index contributed by atoms with van der Waals surface area (Å²) in [6.45, 7) is 6.55. The van der Waals surface area contributed by atoms with Gasteiger partial charge in [-0.25, -0.2) is 4.39 Å². The zero-order valence-electron chi connectivity index (χ0n) is 11.8. The van der Waals surface area contributed by atoms with Crippen molar-refractivity contribution in [3.63, 3.8) is 0 Å². The lowest BCUT2D eigenvalue weighted by molar-refractivity contribution is 0.0987. The summed E-state index contributed by atoms with van der Waals surface area (Å²) < 4.78 is 14.5. The third kappa shape index (κ3) is 4.86. The minimum atomic E-state index is -0.379. The molecule has 0 radical (unpaired) electrons. The Labute approximate surface area is 123 Å². The summed E-state index contributed by atoms with van der Waals surface area (Å²) in [5.74, 6) is 0.0702. The summed E-state index contributed by atoms with van der Waals surface area (Å²) in [5, 5.41) is 13.3. The van der Waals surface area contributed by atoms with Gasteiger partial charge in [-0.15, -0.1) is 0 Å². The van der Waals surface area contributed by atoms with Crippen LogP contribution in [0.1, 0.15) is 45.2 Å². The second kappa shape index (κ2) is 7.98. The van der Waals surface area contributed by atoms with Crippen LogP contribution in [-0.2, 0) is 0 Å². The fraction of sp³-hybridized carbons (Fsp3) is 0.600. The van der Waals surface area contributed by atoms with Crippen LogP contribution in [-0.4, -0.2) is 17.8 Å². The smallest absolute Gasteiger partial charge is 0.129 e. The van der Waals surface area contributed by atoms with Crippen molar-refractivity contribution in [2.45, 2.75) is 45.8 Å². The first-order valence-corrected chi connectivity index (χ1v) is 7.65. The van der Waals surface area contributed by atoms with Gasteiger partial charge in [0.2, 0.25) is 0 Å².